The molecule has 0 atom stereocenters. The van der Waals surface area contributed by atoms with Gasteiger partial charge in [-0.25, -0.2) is 9.07 Å². The fourth-order valence-electron chi connectivity index (χ4n) is 1.53. The van der Waals surface area contributed by atoms with Crippen molar-refractivity contribution in [2.45, 2.75) is 13.0 Å². The maximum atomic E-state index is 12.7. The predicted molar refractivity (Wildman–Crippen MR) is 65.8 cm³/mol. The molecule has 7 heteroatoms. The number of aliphatic hydroxyl groups excluding tert-OH is 1. The summed E-state index contributed by atoms with van der Waals surface area (Å²) >= 11 is 0. The largest absolute Gasteiger partial charge is 0.396 e. The summed E-state index contributed by atoms with van der Waals surface area (Å²) in [7, 11) is 0. The third-order valence-corrected chi connectivity index (χ3v) is 2.39. The first kappa shape index (κ1) is 13.2. The minimum Gasteiger partial charge on any atom is -0.396 e. The maximum absolute atomic E-state index is 12.7. The third kappa shape index (κ3) is 3.85. The highest BCUT2D eigenvalue weighted by Gasteiger charge is 2.06. The third-order valence-electron chi connectivity index (χ3n) is 2.39. The van der Waals surface area contributed by atoms with E-state index in [0.717, 1.165) is 0 Å². The van der Waals surface area contributed by atoms with Crippen molar-refractivity contribution < 1.29 is 14.3 Å². The second kappa shape index (κ2) is 6.05. The lowest BCUT2D eigenvalue weighted by Gasteiger charge is -2.04. The van der Waals surface area contributed by atoms with E-state index in [1.54, 1.807) is 6.20 Å². The van der Waals surface area contributed by atoms with Gasteiger partial charge >= 0.3 is 0 Å². The van der Waals surface area contributed by atoms with E-state index in [-0.39, 0.29) is 24.9 Å². The SMILES string of the molecule is O=C(Cn1cc(CCO)nn1)Nc1ccc(F)cc1. The van der Waals surface area contributed by atoms with Gasteiger partial charge in [0.1, 0.15) is 12.4 Å². The van der Waals surface area contributed by atoms with Gasteiger partial charge in [0.05, 0.1) is 5.69 Å². The average molecular weight is 264 g/mol. The van der Waals surface area contributed by atoms with Gasteiger partial charge in [-0.15, -0.1) is 5.10 Å². The van der Waals surface area contributed by atoms with E-state index in [4.69, 9.17) is 5.11 Å². The number of aliphatic hydroxyl groups is 1. The van der Waals surface area contributed by atoms with E-state index >= 15 is 0 Å². The molecule has 1 aromatic heterocycles. The molecule has 0 bridgehead atoms. The number of carbonyl (C=O) groups excluding carboxylic acids is 1. The Morgan fingerprint density at radius 2 is 2.11 bits per heavy atom. The van der Waals surface area contributed by atoms with Gasteiger partial charge in [-0.1, -0.05) is 5.21 Å². The zero-order valence-corrected chi connectivity index (χ0v) is 10.1. The standard InChI is InChI=1S/C12H13FN4O2/c13-9-1-3-10(4-2-9)14-12(19)8-17-7-11(5-6-18)15-16-17/h1-4,7,18H,5-6,8H2,(H,14,19). The minimum atomic E-state index is -0.358. The zero-order valence-electron chi connectivity index (χ0n) is 10.1. The Morgan fingerprint density at radius 1 is 1.37 bits per heavy atom. The van der Waals surface area contributed by atoms with Crippen molar-refractivity contribution in [2.24, 2.45) is 0 Å². The molecule has 0 saturated carbocycles. The molecule has 0 aliphatic heterocycles. The van der Waals surface area contributed by atoms with Crippen LogP contribution in [-0.4, -0.2) is 32.6 Å². The van der Waals surface area contributed by atoms with Gasteiger partial charge in [0.25, 0.3) is 0 Å². The molecule has 2 rings (SSSR count). The van der Waals surface area contributed by atoms with Crippen LogP contribution in [0.3, 0.4) is 0 Å². The molecule has 0 aliphatic rings. The topological polar surface area (TPSA) is 80.0 Å². The van der Waals surface area contributed by atoms with Crippen molar-refractivity contribution in [3.05, 3.63) is 42.0 Å². The molecule has 2 aromatic rings. The summed E-state index contributed by atoms with van der Waals surface area (Å²) in [6.07, 6.45) is 2.00. The summed E-state index contributed by atoms with van der Waals surface area (Å²) in [6.45, 7) is -0.00370. The Morgan fingerprint density at radius 3 is 2.79 bits per heavy atom. The fraction of sp³-hybridized carbons (Fsp3) is 0.250. The van der Waals surface area contributed by atoms with Crippen LogP contribution in [0.25, 0.3) is 0 Å². The molecular formula is C12H13FN4O2. The van der Waals surface area contributed by atoms with Gasteiger partial charge < -0.3 is 10.4 Å². The van der Waals surface area contributed by atoms with Crippen LogP contribution in [0.2, 0.25) is 0 Å². The smallest absolute Gasteiger partial charge is 0.246 e. The lowest BCUT2D eigenvalue weighted by molar-refractivity contribution is -0.116. The van der Waals surface area contributed by atoms with Crippen LogP contribution in [-0.2, 0) is 17.8 Å². The monoisotopic (exact) mass is 264 g/mol. The molecule has 100 valence electrons. The molecule has 2 N–H and O–H groups in total. The van der Waals surface area contributed by atoms with E-state index in [2.05, 4.69) is 15.6 Å². The molecule has 0 aliphatic carbocycles. The quantitative estimate of drug-likeness (QED) is 0.828. The van der Waals surface area contributed by atoms with Crippen molar-refractivity contribution in [1.82, 2.24) is 15.0 Å². The van der Waals surface area contributed by atoms with Crippen molar-refractivity contribution in [1.29, 1.82) is 0 Å². The summed E-state index contributed by atoms with van der Waals surface area (Å²) in [4.78, 5) is 11.7. The van der Waals surface area contributed by atoms with Crippen LogP contribution in [0, 0.1) is 5.82 Å². The van der Waals surface area contributed by atoms with Crippen LogP contribution in [0.15, 0.2) is 30.5 Å². The molecular weight excluding hydrogens is 251 g/mol. The Labute approximate surface area is 108 Å². The van der Waals surface area contributed by atoms with Crippen LogP contribution >= 0.6 is 0 Å². The number of hydrogen-bond acceptors (Lipinski definition) is 4. The van der Waals surface area contributed by atoms with Crippen molar-refractivity contribution in [3.63, 3.8) is 0 Å². The number of aromatic nitrogens is 3. The first-order valence-corrected chi connectivity index (χ1v) is 5.72. The second-order valence-corrected chi connectivity index (χ2v) is 3.94. The minimum absolute atomic E-state index is 0.00973. The summed E-state index contributed by atoms with van der Waals surface area (Å²) < 4.78 is 14.1. The molecule has 0 radical (unpaired) electrons. The summed E-state index contributed by atoms with van der Waals surface area (Å²) in [5.41, 5.74) is 1.14. The highest BCUT2D eigenvalue weighted by Crippen LogP contribution is 2.08. The molecule has 19 heavy (non-hydrogen) atoms. The number of halogens is 1. The van der Waals surface area contributed by atoms with E-state index in [1.807, 2.05) is 0 Å². The molecule has 1 amide bonds. The normalized spacial score (nSPS) is 10.4. The number of carbonyl (C=O) groups is 1. The average Bonchev–Trinajstić information content (AvgIpc) is 2.80. The Hall–Kier alpha value is -2.28. The molecule has 6 nitrogen and oxygen atoms in total. The number of benzene rings is 1. The predicted octanol–water partition coefficient (Wildman–Crippen LogP) is 0.591. The first-order valence-electron chi connectivity index (χ1n) is 5.72. The van der Waals surface area contributed by atoms with Crippen molar-refractivity contribution >= 4 is 11.6 Å². The Kier molecular flexibility index (Phi) is 4.19. The van der Waals surface area contributed by atoms with Gasteiger partial charge in [-0.2, -0.15) is 0 Å². The van der Waals surface area contributed by atoms with E-state index in [1.165, 1.54) is 28.9 Å². The molecule has 0 spiro atoms. The van der Waals surface area contributed by atoms with Gasteiger partial charge in [-0.3, -0.25) is 4.79 Å². The Balaban J connectivity index is 1.91. The number of nitrogens with one attached hydrogen (secondary N) is 1. The van der Waals surface area contributed by atoms with Crippen molar-refractivity contribution in [2.75, 3.05) is 11.9 Å². The first-order chi connectivity index (χ1) is 9.17. The summed E-state index contributed by atoms with van der Waals surface area (Å²) in [5.74, 6) is -0.644. The summed E-state index contributed by atoms with van der Waals surface area (Å²) in [6, 6.07) is 5.49. The summed E-state index contributed by atoms with van der Waals surface area (Å²) in [5, 5.41) is 18.9. The molecule has 0 unspecified atom stereocenters. The number of hydrogen-bond donors (Lipinski definition) is 2. The highest BCUT2D eigenvalue weighted by molar-refractivity contribution is 5.90. The van der Waals surface area contributed by atoms with Crippen LogP contribution in [0.1, 0.15) is 5.69 Å². The van der Waals surface area contributed by atoms with E-state index in [0.29, 0.717) is 17.8 Å². The van der Waals surface area contributed by atoms with Gasteiger partial charge in [-0.05, 0) is 24.3 Å². The molecule has 1 heterocycles. The number of amides is 1. The van der Waals surface area contributed by atoms with Crippen LogP contribution < -0.4 is 5.32 Å². The number of rotatable bonds is 5. The highest BCUT2D eigenvalue weighted by atomic mass is 19.1. The Bertz CT molecular complexity index is 553. The fourth-order valence-corrected chi connectivity index (χ4v) is 1.53. The lowest BCUT2D eigenvalue weighted by atomic mass is 10.3. The second-order valence-electron chi connectivity index (χ2n) is 3.94. The van der Waals surface area contributed by atoms with E-state index < -0.39 is 0 Å². The maximum Gasteiger partial charge on any atom is 0.246 e. The van der Waals surface area contributed by atoms with Crippen molar-refractivity contribution in [3.8, 4) is 0 Å². The lowest BCUT2D eigenvalue weighted by Crippen LogP contribution is -2.19. The van der Waals surface area contributed by atoms with Crippen LogP contribution in [0.4, 0.5) is 10.1 Å². The molecule has 1 aromatic carbocycles. The zero-order chi connectivity index (χ0) is 13.7. The van der Waals surface area contributed by atoms with Gasteiger partial charge in [0.2, 0.25) is 5.91 Å². The number of nitrogens with zero attached hydrogens (tertiary/aromatic N) is 3. The van der Waals surface area contributed by atoms with Crippen LogP contribution in [0.5, 0.6) is 0 Å². The van der Waals surface area contributed by atoms with Gasteiger partial charge in [0.15, 0.2) is 0 Å². The van der Waals surface area contributed by atoms with Gasteiger partial charge in [0, 0.05) is 24.9 Å². The number of anilines is 1. The molecule has 0 fully saturated rings. The van der Waals surface area contributed by atoms with E-state index in [9.17, 15) is 9.18 Å². The molecule has 0 saturated heterocycles.